The second-order valence-corrected chi connectivity index (χ2v) is 11.9. The van der Waals surface area contributed by atoms with Crippen LogP contribution in [0.15, 0.2) is 16.8 Å². The van der Waals surface area contributed by atoms with E-state index in [0.717, 1.165) is 55.1 Å². The predicted octanol–water partition coefficient (Wildman–Crippen LogP) is 2.79. The van der Waals surface area contributed by atoms with Crippen LogP contribution in [0.5, 0.6) is 5.88 Å². The lowest BCUT2D eigenvalue weighted by Crippen LogP contribution is -2.58. The molecule has 10 nitrogen and oxygen atoms in total. The summed E-state index contributed by atoms with van der Waals surface area (Å²) in [5.74, 6) is -1.39. The van der Waals surface area contributed by atoms with Crippen LogP contribution in [0.2, 0.25) is 0 Å². The molecule has 3 fully saturated rings. The molecule has 3 aliphatic rings. The predicted molar refractivity (Wildman–Crippen MR) is 141 cm³/mol. The largest absolute Gasteiger partial charge is 0.477 e. The number of nitrogens with zero attached hydrogens (tertiary/aromatic N) is 5. The number of pyridine rings is 1. The number of nitrogens with two attached hydrogens (primary N) is 2. The summed E-state index contributed by atoms with van der Waals surface area (Å²) in [6, 6.07) is 2.39. The van der Waals surface area contributed by atoms with Gasteiger partial charge in [-0.15, -0.1) is 0 Å². The summed E-state index contributed by atoms with van der Waals surface area (Å²) >= 11 is 0. The first-order valence-electron chi connectivity index (χ1n) is 13.8. The van der Waals surface area contributed by atoms with E-state index in [1.807, 2.05) is 26.8 Å². The highest BCUT2D eigenvalue weighted by Crippen LogP contribution is 2.53. The molecule has 39 heavy (non-hydrogen) atoms. The number of aromatic nitrogens is 3. The molecule has 2 aromatic rings. The van der Waals surface area contributed by atoms with Crippen molar-refractivity contribution in [1.82, 2.24) is 20.0 Å². The molecule has 1 aliphatic carbocycles. The van der Waals surface area contributed by atoms with Crippen LogP contribution in [0.4, 0.5) is 14.8 Å². The van der Waals surface area contributed by atoms with Crippen molar-refractivity contribution in [2.24, 2.45) is 17.4 Å². The summed E-state index contributed by atoms with van der Waals surface area (Å²) in [4.78, 5) is 24.4. The number of carbonyl (C=O) groups excluding carboxylic acids is 1. The van der Waals surface area contributed by atoms with Crippen LogP contribution in [-0.2, 0) is 11.2 Å². The van der Waals surface area contributed by atoms with Crippen molar-refractivity contribution < 1.29 is 22.8 Å². The van der Waals surface area contributed by atoms with Gasteiger partial charge < -0.3 is 30.5 Å². The fourth-order valence-corrected chi connectivity index (χ4v) is 5.91. The maximum Gasteiger partial charge on any atom is 0.324 e. The first-order valence-corrected chi connectivity index (χ1v) is 13.8. The Labute approximate surface area is 227 Å². The molecule has 0 radical (unpaired) electrons. The van der Waals surface area contributed by atoms with Gasteiger partial charge in [-0.25, -0.2) is 13.8 Å². The van der Waals surface area contributed by atoms with Gasteiger partial charge in [0.2, 0.25) is 11.8 Å². The molecule has 12 heteroatoms. The number of halogens is 2. The van der Waals surface area contributed by atoms with Gasteiger partial charge in [0.15, 0.2) is 5.82 Å². The zero-order valence-electron chi connectivity index (χ0n) is 23.0. The summed E-state index contributed by atoms with van der Waals surface area (Å²) in [5, 5.41) is 4.09. The maximum atomic E-state index is 13.0. The highest BCUT2D eigenvalue weighted by molar-refractivity contribution is 5.79. The number of likely N-dealkylation sites (tertiary alicyclic amines) is 1. The summed E-state index contributed by atoms with van der Waals surface area (Å²) in [5.41, 5.74) is 14.2. The minimum Gasteiger partial charge on any atom is -0.477 e. The molecule has 0 aromatic carbocycles. The van der Waals surface area contributed by atoms with Crippen molar-refractivity contribution in [1.29, 1.82) is 0 Å². The Bertz CT molecular complexity index is 1200. The summed E-state index contributed by atoms with van der Waals surface area (Å²) in [6.45, 7) is 6.93. The molecule has 214 valence electrons. The third-order valence-corrected chi connectivity index (χ3v) is 8.51. The van der Waals surface area contributed by atoms with Gasteiger partial charge in [0, 0.05) is 48.3 Å². The van der Waals surface area contributed by atoms with Crippen LogP contribution in [0, 0.1) is 12.8 Å². The molecular weight excluding hydrogens is 508 g/mol. The highest BCUT2D eigenvalue weighted by atomic mass is 19.3. The third-order valence-electron chi connectivity index (χ3n) is 8.51. The van der Waals surface area contributed by atoms with E-state index in [0.29, 0.717) is 36.4 Å². The van der Waals surface area contributed by atoms with Gasteiger partial charge in [0.1, 0.15) is 0 Å². The van der Waals surface area contributed by atoms with Crippen LogP contribution in [0.25, 0.3) is 0 Å². The Kier molecular flexibility index (Phi) is 7.30. The van der Waals surface area contributed by atoms with Crippen LogP contribution in [-0.4, -0.2) is 75.7 Å². The highest BCUT2D eigenvalue weighted by Gasteiger charge is 2.65. The Morgan fingerprint density at radius 1 is 1.26 bits per heavy atom. The average molecular weight is 548 g/mol. The number of rotatable bonds is 9. The zero-order chi connectivity index (χ0) is 28.0. The van der Waals surface area contributed by atoms with Crippen LogP contribution in [0.3, 0.4) is 0 Å². The van der Waals surface area contributed by atoms with E-state index >= 15 is 0 Å². The molecular formula is C27H39F2N7O3. The Balaban J connectivity index is 1.10. The molecule has 0 bridgehead atoms. The van der Waals surface area contributed by atoms with Crippen LogP contribution >= 0.6 is 0 Å². The maximum absolute atomic E-state index is 13.0. The first-order chi connectivity index (χ1) is 18.4. The van der Waals surface area contributed by atoms with Crippen molar-refractivity contribution in [3.63, 3.8) is 0 Å². The van der Waals surface area contributed by atoms with E-state index in [9.17, 15) is 13.6 Å². The third kappa shape index (κ3) is 5.72. The molecule has 4 N–H and O–H groups in total. The van der Waals surface area contributed by atoms with Gasteiger partial charge in [0.05, 0.1) is 26.1 Å². The van der Waals surface area contributed by atoms with Crippen molar-refractivity contribution >= 4 is 11.9 Å². The number of hydrogen-bond acceptors (Lipinski definition) is 9. The summed E-state index contributed by atoms with van der Waals surface area (Å²) in [7, 11) is 0. The SMILES string of the molecule is Cc1cc(CC(=O)N2CC(F)(F)C2)cnc1OCC[C@]1(N)CC1(N)C1CCCN(c2nc(C(C)C)no2)CC1. The van der Waals surface area contributed by atoms with Gasteiger partial charge in [-0.2, -0.15) is 4.98 Å². The van der Waals surface area contributed by atoms with E-state index in [-0.39, 0.29) is 18.2 Å². The number of amides is 1. The standard InChI is InChI=1S/C27H39F2N7O3/c1-17(2)22-33-24(39-34-22)35-8-4-5-20(6-9-35)27(31)14-25(27,30)7-10-38-23-18(3)11-19(13-32-23)12-21(37)36-15-26(28,29)16-36/h11,13,17,20H,4-10,12,14-16,30-31H2,1-3H3/t20?,25-,27?/m0/s1. The second kappa shape index (κ2) is 10.3. The average Bonchev–Trinajstić information content (AvgIpc) is 3.20. The number of hydrogen-bond donors (Lipinski definition) is 2. The van der Waals surface area contributed by atoms with E-state index in [1.165, 1.54) is 0 Å². The lowest BCUT2D eigenvalue weighted by Gasteiger charge is -2.38. The van der Waals surface area contributed by atoms with E-state index in [2.05, 4.69) is 20.0 Å². The first kappa shape index (κ1) is 27.7. The molecule has 2 aliphatic heterocycles. The summed E-state index contributed by atoms with van der Waals surface area (Å²) in [6.07, 6.45) is 5.83. The smallest absolute Gasteiger partial charge is 0.324 e. The number of anilines is 1. The molecule has 2 saturated heterocycles. The Hall–Kier alpha value is -2.86. The Morgan fingerprint density at radius 2 is 2.03 bits per heavy atom. The fourth-order valence-electron chi connectivity index (χ4n) is 5.91. The quantitative estimate of drug-likeness (QED) is 0.485. The molecule has 2 aromatic heterocycles. The lowest BCUT2D eigenvalue weighted by molar-refractivity contribution is -0.165. The zero-order valence-corrected chi connectivity index (χ0v) is 23.0. The van der Waals surface area contributed by atoms with Gasteiger partial charge >= 0.3 is 6.01 Å². The van der Waals surface area contributed by atoms with Crippen LogP contribution < -0.4 is 21.1 Å². The number of carbonyl (C=O) groups is 1. The van der Waals surface area contributed by atoms with Crippen molar-refractivity contribution in [2.75, 3.05) is 37.7 Å². The van der Waals surface area contributed by atoms with Gasteiger partial charge in [-0.3, -0.25) is 4.79 Å². The molecule has 5 rings (SSSR count). The lowest BCUT2D eigenvalue weighted by atomic mass is 9.86. The molecule has 4 heterocycles. The van der Waals surface area contributed by atoms with Crippen LogP contribution in [0.1, 0.15) is 68.8 Å². The van der Waals surface area contributed by atoms with E-state index < -0.39 is 30.1 Å². The molecule has 1 amide bonds. The molecule has 2 unspecified atom stereocenters. The molecule has 1 saturated carbocycles. The second-order valence-electron chi connectivity index (χ2n) is 11.9. The number of aryl methyl sites for hydroxylation is 1. The Morgan fingerprint density at radius 3 is 2.69 bits per heavy atom. The fraction of sp³-hybridized carbons (Fsp3) is 0.704. The molecule has 3 atom stereocenters. The number of alkyl halides is 2. The topological polar surface area (TPSA) is 137 Å². The van der Waals surface area contributed by atoms with Crippen molar-refractivity contribution in [3.8, 4) is 5.88 Å². The summed E-state index contributed by atoms with van der Waals surface area (Å²) < 4.78 is 37.5. The molecule has 0 spiro atoms. The van der Waals surface area contributed by atoms with Gasteiger partial charge in [-0.1, -0.05) is 19.0 Å². The monoisotopic (exact) mass is 547 g/mol. The van der Waals surface area contributed by atoms with Crippen molar-refractivity contribution in [3.05, 3.63) is 29.2 Å². The minimum atomic E-state index is -2.77. The number of ether oxygens (including phenoxy) is 1. The minimum absolute atomic E-state index is 0.0377. The van der Waals surface area contributed by atoms with E-state index in [4.69, 9.17) is 20.7 Å². The van der Waals surface area contributed by atoms with E-state index in [1.54, 1.807) is 6.20 Å². The normalized spacial score (nSPS) is 28.3. The van der Waals surface area contributed by atoms with Gasteiger partial charge in [-0.05, 0) is 50.2 Å². The van der Waals surface area contributed by atoms with Crippen molar-refractivity contribution in [2.45, 2.75) is 82.2 Å². The van der Waals surface area contributed by atoms with Gasteiger partial charge in [0.25, 0.3) is 5.92 Å².